The van der Waals surface area contributed by atoms with Crippen LogP contribution < -0.4 is 21.3 Å². The van der Waals surface area contributed by atoms with E-state index in [4.69, 9.17) is 4.74 Å². The van der Waals surface area contributed by atoms with E-state index < -0.39 is 11.7 Å². The number of nitrogens with zero attached hydrogens (tertiary/aromatic N) is 1. The Hall–Kier alpha value is -1.26. The van der Waals surface area contributed by atoms with Crippen molar-refractivity contribution >= 4 is 41.9 Å². The number of guanidine groups is 1. The van der Waals surface area contributed by atoms with E-state index in [1.807, 2.05) is 41.5 Å². The summed E-state index contributed by atoms with van der Waals surface area (Å²) in [6.45, 7) is 13.4. The fourth-order valence-corrected chi connectivity index (χ4v) is 1.64. The second kappa shape index (κ2) is 13.0. The van der Waals surface area contributed by atoms with Gasteiger partial charge in [0.2, 0.25) is 5.91 Å². The fourth-order valence-electron chi connectivity index (χ4n) is 1.64. The number of ether oxygens (including phenoxy) is 1. The average molecular weight is 485 g/mol. The molecule has 0 bridgehead atoms. The van der Waals surface area contributed by atoms with Gasteiger partial charge in [-0.1, -0.05) is 20.8 Å². The van der Waals surface area contributed by atoms with Crippen LogP contribution in [0.1, 0.15) is 48.0 Å². The lowest BCUT2D eigenvalue weighted by molar-refractivity contribution is -0.128. The molecule has 2 amide bonds. The van der Waals surface area contributed by atoms with Gasteiger partial charge in [0.1, 0.15) is 5.60 Å². The number of hydrogen-bond donors (Lipinski definition) is 4. The Morgan fingerprint density at radius 1 is 0.846 bits per heavy atom. The zero-order valence-corrected chi connectivity index (χ0v) is 19.4. The SMILES string of the molecule is CN=C(NCCCNC(=O)OC(C)(C)C)NCCNC(=O)C(C)(C)C.I. The number of carbonyl (C=O) groups excluding carboxylic acids is 2. The lowest BCUT2D eigenvalue weighted by Crippen LogP contribution is -2.44. The Bertz CT molecular complexity index is 456. The normalized spacial score (nSPS) is 11.9. The monoisotopic (exact) mass is 485 g/mol. The van der Waals surface area contributed by atoms with Gasteiger partial charge in [-0.3, -0.25) is 9.79 Å². The molecule has 0 radical (unpaired) electrons. The molecule has 0 aromatic rings. The molecular formula is C17H36IN5O3. The van der Waals surface area contributed by atoms with E-state index in [1.165, 1.54) is 0 Å². The third-order valence-corrected chi connectivity index (χ3v) is 2.92. The Morgan fingerprint density at radius 2 is 1.35 bits per heavy atom. The molecule has 0 aromatic heterocycles. The van der Waals surface area contributed by atoms with Crippen molar-refractivity contribution in [3.8, 4) is 0 Å². The van der Waals surface area contributed by atoms with E-state index in [-0.39, 0.29) is 35.3 Å². The third-order valence-electron chi connectivity index (χ3n) is 2.92. The van der Waals surface area contributed by atoms with Crippen molar-refractivity contribution in [1.82, 2.24) is 21.3 Å². The minimum absolute atomic E-state index is 0. The predicted octanol–water partition coefficient (Wildman–Crippen LogP) is 1.85. The van der Waals surface area contributed by atoms with Crippen LogP contribution in [0, 0.1) is 5.41 Å². The standard InChI is InChI=1S/C17H35N5O3.HI/c1-16(2,3)13(23)19-11-12-21-14(18-7)20-9-8-10-22-15(24)25-17(4,5)6;/h8-12H2,1-7H3,(H,19,23)(H,22,24)(H2,18,20,21);1H. The molecule has 26 heavy (non-hydrogen) atoms. The van der Waals surface area contributed by atoms with Crippen molar-refractivity contribution < 1.29 is 14.3 Å². The van der Waals surface area contributed by atoms with Gasteiger partial charge < -0.3 is 26.0 Å². The number of amides is 2. The number of aliphatic imine (C=N–C) groups is 1. The first-order valence-corrected chi connectivity index (χ1v) is 8.65. The molecule has 0 fully saturated rings. The van der Waals surface area contributed by atoms with Crippen molar-refractivity contribution in [3.63, 3.8) is 0 Å². The maximum atomic E-state index is 11.7. The van der Waals surface area contributed by atoms with Crippen molar-refractivity contribution in [3.05, 3.63) is 0 Å². The van der Waals surface area contributed by atoms with Crippen molar-refractivity contribution in [2.75, 3.05) is 33.2 Å². The van der Waals surface area contributed by atoms with Gasteiger partial charge in [0, 0.05) is 38.6 Å². The summed E-state index contributed by atoms with van der Waals surface area (Å²) >= 11 is 0. The summed E-state index contributed by atoms with van der Waals surface area (Å²) in [5.74, 6) is 0.674. The molecule has 0 rings (SSSR count). The molecule has 0 aliphatic heterocycles. The second-order valence-corrected chi connectivity index (χ2v) is 7.71. The highest BCUT2D eigenvalue weighted by molar-refractivity contribution is 14.0. The summed E-state index contributed by atoms with van der Waals surface area (Å²) in [5.41, 5.74) is -0.877. The van der Waals surface area contributed by atoms with Crippen LogP contribution in [0.3, 0.4) is 0 Å². The molecule has 4 N–H and O–H groups in total. The van der Waals surface area contributed by atoms with Crippen LogP contribution in [0.15, 0.2) is 4.99 Å². The van der Waals surface area contributed by atoms with Gasteiger partial charge in [-0.05, 0) is 27.2 Å². The zero-order chi connectivity index (χ0) is 19.5. The summed E-state index contributed by atoms with van der Waals surface area (Å²) in [5, 5.41) is 11.8. The molecule has 0 aromatic carbocycles. The summed E-state index contributed by atoms with van der Waals surface area (Å²) in [7, 11) is 1.68. The quantitative estimate of drug-likeness (QED) is 0.191. The van der Waals surface area contributed by atoms with Crippen LogP contribution >= 0.6 is 24.0 Å². The largest absolute Gasteiger partial charge is 0.444 e. The molecule has 0 saturated heterocycles. The zero-order valence-electron chi connectivity index (χ0n) is 17.1. The van der Waals surface area contributed by atoms with E-state index in [0.29, 0.717) is 32.1 Å². The lowest BCUT2D eigenvalue weighted by atomic mass is 9.96. The summed E-state index contributed by atoms with van der Waals surface area (Å²) in [4.78, 5) is 27.3. The number of rotatable bonds is 7. The number of carbonyl (C=O) groups is 2. The van der Waals surface area contributed by atoms with E-state index in [2.05, 4.69) is 26.3 Å². The Kier molecular flexibility index (Phi) is 13.5. The van der Waals surface area contributed by atoms with Gasteiger partial charge in [-0.2, -0.15) is 0 Å². The average Bonchev–Trinajstić information content (AvgIpc) is 2.45. The van der Waals surface area contributed by atoms with Crippen LogP contribution in [0.2, 0.25) is 0 Å². The lowest BCUT2D eigenvalue weighted by Gasteiger charge is -2.19. The minimum atomic E-state index is -0.489. The molecule has 0 aliphatic rings. The smallest absolute Gasteiger partial charge is 0.407 e. The van der Waals surface area contributed by atoms with Crippen molar-refractivity contribution in [1.29, 1.82) is 0 Å². The first-order valence-electron chi connectivity index (χ1n) is 8.65. The van der Waals surface area contributed by atoms with Gasteiger partial charge in [0.05, 0.1) is 0 Å². The molecule has 0 aliphatic carbocycles. The third kappa shape index (κ3) is 15.0. The van der Waals surface area contributed by atoms with Crippen molar-refractivity contribution in [2.45, 2.75) is 53.6 Å². The van der Waals surface area contributed by atoms with Crippen LogP contribution in [0.5, 0.6) is 0 Å². The van der Waals surface area contributed by atoms with Gasteiger partial charge >= 0.3 is 6.09 Å². The molecule has 0 spiro atoms. The molecular weight excluding hydrogens is 449 g/mol. The van der Waals surface area contributed by atoms with Gasteiger partial charge in [0.25, 0.3) is 0 Å². The van der Waals surface area contributed by atoms with Crippen LogP contribution in [-0.4, -0.2) is 56.8 Å². The molecule has 154 valence electrons. The van der Waals surface area contributed by atoms with Crippen molar-refractivity contribution in [2.24, 2.45) is 10.4 Å². The number of hydrogen-bond acceptors (Lipinski definition) is 4. The van der Waals surface area contributed by atoms with E-state index in [0.717, 1.165) is 6.42 Å². The first kappa shape index (κ1) is 27.0. The molecule has 0 atom stereocenters. The van der Waals surface area contributed by atoms with Crippen LogP contribution in [-0.2, 0) is 9.53 Å². The van der Waals surface area contributed by atoms with E-state index >= 15 is 0 Å². The molecule has 8 nitrogen and oxygen atoms in total. The van der Waals surface area contributed by atoms with Gasteiger partial charge in [-0.15, -0.1) is 24.0 Å². The Balaban J connectivity index is 0. The molecule has 0 saturated carbocycles. The van der Waals surface area contributed by atoms with Gasteiger partial charge in [-0.25, -0.2) is 4.79 Å². The minimum Gasteiger partial charge on any atom is -0.444 e. The summed E-state index contributed by atoms with van der Waals surface area (Å²) in [6, 6.07) is 0. The molecule has 9 heteroatoms. The van der Waals surface area contributed by atoms with Crippen LogP contribution in [0.25, 0.3) is 0 Å². The Labute approximate surface area is 174 Å². The highest BCUT2D eigenvalue weighted by Gasteiger charge is 2.20. The molecule has 0 unspecified atom stereocenters. The van der Waals surface area contributed by atoms with E-state index in [9.17, 15) is 9.59 Å². The predicted molar refractivity (Wildman–Crippen MR) is 116 cm³/mol. The number of alkyl carbamates (subject to hydrolysis) is 1. The first-order chi connectivity index (χ1) is 11.5. The Morgan fingerprint density at radius 3 is 1.85 bits per heavy atom. The number of halogens is 1. The van der Waals surface area contributed by atoms with E-state index in [1.54, 1.807) is 7.05 Å². The van der Waals surface area contributed by atoms with Crippen LogP contribution in [0.4, 0.5) is 4.79 Å². The maximum Gasteiger partial charge on any atom is 0.407 e. The summed E-state index contributed by atoms with van der Waals surface area (Å²) < 4.78 is 5.15. The van der Waals surface area contributed by atoms with Gasteiger partial charge in [0.15, 0.2) is 5.96 Å². The number of nitrogens with one attached hydrogen (secondary N) is 4. The topological polar surface area (TPSA) is 104 Å². The maximum absolute atomic E-state index is 11.7. The summed E-state index contributed by atoms with van der Waals surface area (Å²) in [6.07, 6.45) is 0.324. The highest BCUT2D eigenvalue weighted by atomic mass is 127. The molecule has 0 heterocycles. The highest BCUT2D eigenvalue weighted by Crippen LogP contribution is 2.11. The fraction of sp³-hybridized carbons (Fsp3) is 0.824. The second-order valence-electron chi connectivity index (χ2n) is 7.71.